The molecule has 0 rings (SSSR count). The maximum atomic E-state index is 9.72. The van der Waals surface area contributed by atoms with Gasteiger partial charge in [0.2, 0.25) is 0 Å². The van der Waals surface area contributed by atoms with Crippen molar-refractivity contribution in [3.05, 3.63) is 12.7 Å². The fourth-order valence-corrected chi connectivity index (χ4v) is 0.447. The van der Waals surface area contributed by atoms with E-state index in [1.165, 1.54) is 0 Å². The van der Waals surface area contributed by atoms with Gasteiger partial charge in [-0.05, 0) is 0 Å². The molecule has 0 spiro atoms. The van der Waals surface area contributed by atoms with Crippen LogP contribution in [-0.2, 0) is 20.5 Å². The molecule has 13 heavy (non-hydrogen) atoms. The molecule has 0 radical (unpaired) electrons. The average Bonchev–Trinajstić information content (AvgIpc) is 1.54. The molecule has 76 valence electrons. The van der Waals surface area contributed by atoms with E-state index >= 15 is 0 Å². The van der Waals surface area contributed by atoms with Crippen molar-refractivity contribution in [1.82, 2.24) is 0 Å². The second-order valence-electron chi connectivity index (χ2n) is 1.49. The van der Waals surface area contributed by atoms with Gasteiger partial charge in [-0.15, -0.1) is 6.58 Å². The predicted molar refractivity (Wildman–Crippen MR) is 47.9 cm³/mol. The van der Waals surface area contributed by atoms with Crippen molar-refractivity contribution in [3.8, 4) is 0 Å². The van der Waals surface area contributed by atoms with Crippen LogP contribution in [0.1, 0.15) is 0 Å². The van der Waals surface area contributed by atoms with Crippen LogP contribution in [0.2, 0.25) is 0 Å². The third-order valence-electron chi connectivity index (χ3n) is 0.328. The molecular formula is C3H9NaO7S2. The summed E-state index contributed by atoms with van der Waals surface area (Å²) in [5, 5.41) is 0. The molecule has 0 aromatic carbocycles. The fraction of sp³-hybridized carbons (Fsp3) is 0.333. The third-order valence-corrected chi connectivity index (χ3v) is 0.985. The van der Waals surface area contributed by atoms with Crippen LogP contribution in [0, 0.1) is 0 Å². The molecule has 7 nitrogen and oxygen atoms in total. The first kappa shape index (κ1) is 19.1. The molecule has 0 heterocycles. The molecule has 0 fully saturated rings. The van der Waals surface area contributed by atoms with Gasteiger partial charge in [0.1, 0.15) is 0 Å². The third kappa shape index (κ3) is 67.8. The first-order valence-electron chi connectivity index (χ1n) is 2.32. The normalized spacial score (nSPS) is 10.4. The summed E-state index contributed by atoms with van der Waals surface area (Å²) in [4.78, 5) is 0. The van der Waals surface area contributed by atoms with Crippen molar-refractivity contribution in [2.24, 2.45) is 0 Å². The maximum absolute atomic E-state index is 9.72. The molecule has 0 aliphatic carbocycles. The van der Waals surface area contributed by atoms with E-state index in [0.717, 1.165) is 6.08 Å². The first-order chi connectivity index (χ1) is 5.06. The van der Waals surface area contributed by atoms with Gasteiger partial charge >= 0.3 is 40.0 Å². The molecule has 0 unspecified atom stereocenters. The molecule has 0 aromatic rings. The summed E-state index contributed by atoms with van der Waals surface area (Å²) in [7, 11) is -8.46. The van der Waals surface area contributed by atoms with Crippen LogP contribution in [0.15, 0.2) is 12.7 Å². The average molecular weight is 244 g/mol. The predicted octanol–water partition coefficient (Wildman–Crippen LogP) is -1.24. The van der Waals surface area contributed by atoms with Crippen molar-refractivity contribution in [3.63, 3.8) is 0 Å². The Morgan fingerprint density at radius 2 is 1.31 bits per heavy atom. The van der Waals surface area contributed by atoms with Gasteiger partial charge in [-0.3, -0.25) is 13.7 Å². The molecule has 10 heteroatoms. The molecule has 0 aromatic heterocycles. The van der Waals surface area contributed by atoms with Crippen LogP contribution in [0.5, 0.6) is 0 Å². The Morgan fingerprint density at radius 1 is 1.08 bits per heavy atom. The van der Waals surface area contributed by atoms with E-state index in [9.17, 15) is 8.42 Å². The quantitative estimate of drug-likeness (QED) is 0.314. The summed E-state index contributed by atoms with van der Waals surface area (Å²) in [5.41, 5.74) is 0. The van der Waals surface area contributed by atoms with Gasteiger partial charge in [-0.2, -0.15) is 16.8 Å². The van der Waals surface area contributed by atoms with E-state index in [0.29, 0.717) is 0 Å². The Hall–Kier alpha value is 0.520. The topological polar surface area (TPSA) is 129 Å². The van der Waals surface area contributed by atoms with Gasteiger partial charge in [0.25, 0.3) is 10.1 Å². The Bertz CT molecular complexity index is 306. The van der Waals surface area contributed by atoms with Crippen molar-refractivity contribution in [1.29, 1.82) is 0 Å². The number of hydrogen-bond donors (Lipinski definition) is 3. The standard InChI is InChI=1S/C3H6O3S.Na.H2O4S.H/c1-2-3-7(4,5)6;;1-5(2,3)4;/h2H,1,3H2,(H,4,5,6);;(H2,1,2,3,4);. The number of rotatable bonds is 2. The number of hydrogen-bond acceptors (Lipinski definition) is 4. The zero-order valence-electron chi connectivity index (χ0n) is 5.78. The summed E-state index contributed by atoms with van der Waals surface area (Å²) >= 11 is 0. The Labute approximate surface area is 98.5 Å². The van der Waals surface area contributed by atoms with Crippen LogP contribution in [0.25, 0.3) is 0 Å². The van der Waals surface area contributed by atoms with Crippen molar-refractivity contribution in [2.75, 3.05) is 5.75 Å². The van der Waals surface area contributed by atoms with Gasteiger partial charge in [0.05, 0.1) is 5.75 Å². The molecule has 0 saturated heterocycles. The molecule has 0 bridgehead atoms. The Morgan fingerprint density at radius 3 is 1.31 bits per heavy atom. The van der Waals surface area contributed by atoms with E-state index < -0.39 is 20.5 Å². The van der Waals surface area contributed by atoms with Crippen molar-refractivity contribution < 1.29 is 30.5 Å². The molecule has 0 saturated carbocycles. The molecule has 0 aliphatic rings. The Kier molecular flexibility index (Phi) is 11.6. The first-order valence-corrected chi connectivity index (χ1v) is 5.33. The van der Waals surface area contributed by atoms with Crippen LogP contribution in [0.4, 0.5) is 0 Å². The summed E-state index contributed by atoms with van der Waals surface area (Å²) in [5.74, 6) is -0.368. The molecule has 0 aliphatic heterocycles. The Balaban J connectivity index is -0.000000150. The second-order valence-corrected chi connectivity index (χ2v) is 3.88. The SMILES string of the molecule is C=CCS(=O)(=O)O.O=S(=O)(O)O.[NaH]. The monoisotopic (exact) mass is 244 g/mol. The van der Waals surface area contributed by atoms with Crippen LogP contribution < -0.4 is 0 Å². The van der Waals surface area contributed by atoms with E-state index in [1.807, 2.05) is 0 Å². The van der Waals surface area contributed by atoms with Gasteiger partial charge < -0.3 is 0 Å². The summed E-state index contributed by atoms with van der Waals surface area (Å²) in [6.07, 6.45) is 1.12. The minimum atomic E-state index is -4.67. The van der Waals surface area contributed by atoms with Gasteiger partial charge in [-0.1, -0.05) is 6.08 Å². The van der Waals surface area contributed by atoms with E-state index in [-0.39, 0.29) is 35.3 Å². The van der Waals surface area contributed by atoms with Gasteiger partial charge in [-0.25, -0.2) is 0 Å². The minimum absolute atomic E-state index is 0. The van der Waals surface area contributed by atoms with Crippen LogP contribution in [-0.4, -0.2) is 65.8 Å². The van der Waals surface area contributed by atoms with E-state index in [4.69, 9.17) is 22.1 Å². The van der Waals surface area contributed by atoms with Crippen LogP contribution in [0.3, 0.4) is 0 Å². The van der Waals surface area contributed by atoms with Gasteiger partial charge in [0.15, 0.2) is 0 Å². The van der Waals surface area contributed by atoms with Crippen LogP contribution >= 0.6 is 0 Å². The van der Waals surface area contributed by atoms with E-state index in [1.54, 1.807) is 0 Å². The molecule has 0 amide bonds. The van der Waals surface area contributed by atoms with E-state index in [2.05, 4.69) is 6.58 Å². The fourth-order valence-electron chi connectivity index (χ4n) is 0.149. The molecule has 3 N–H and O–H groups in total. The summed E-state index contributed by atoms with van der Waals surface area (Å²) < 4.78 is 58.9. The van der Waals surface area contributed by atoms with Crippen molar-refractivity contribution >= 4 is 50.1 Å². The zero-order chi connectivity index (χ0) is 10.4. The van der Waals surface area contributed by atoms with Gasteiger partial charge in [0, 0.05) is 0 Å². The van der Waals surface area contributed by atoms with Crippen molar-refractivity contribution in [2.45, 2.75) is 0 Å². The zero-order valence-corrected chi connectivity index (χ0v) is 7.42. The molecule has 0 atom stereocenters. The summed E-state index contributed by atoms with van der Waals surface area (Å²) in [6.45, 7) is 3.11. The molecular weight excluding hydrogens is 235 g/mol. The summed E-state index contributed by atoms with van der Waals surface area (Å²) in [6, 6.07) is 0. The second kappa shape index (κ2) is 7.88.